The van der Waals surface area contributed by atoms with Crippen LogP contribution < -0.4 is 4.74 Å². The van der Waals surface area contributed by atoms with E-state index in [1.54, 1.807) is 24.3 Å². The topological polar surface area (TPSA) is 158 Å². The Kier molecular flexibility index (Phi) is 8.03. The van der Waals surface area contributed by atoms with E-state index in [1.165, 1.54) is 6.92 Å². The van der Waals surface area contributed by atoms with Crippen LogP contribution in [0, 0.1) is 0 Å². The van der Waals surface area contributed by atoms with Crippen LogP contribution in [0.5, 0.6) is 5.75 Å². The number of hydrogen-bond donors (Lipinski definition) is 6. The van der Waals surface area contributed by atoms with Crippen molar-refractivity contribution >= 4 is 6.08 Å². The number of hydrogen-bond acceptors (Lipinski definition) is 10. The zero-order valence-electron chi connectivity index (χ0n) is 17.3. The Morgan fingerprint density at radius 3 is 2.06 bits per heavy atom. The molecule has 174 valence electrons. The van der Waals surface area contributed by atoms with Gasteiger partial charge in [-0.3, -0.25) is 0 Å². The number of benzene rings is 1. The highest BCUT2D eigenvalue weighted by molar-refractivity contribution is 5.50. The molecule has 0 radical (unpaired) electrons. The van der Waals surface area contributed by atoms with Gasteiger partial charge in [-0.2, -0.15) is 0 Å². The molecule has 0 bridgehead atoms. The van der Waals surface area contributed by atoms with Crippen LogP contribution in [0.2, 0.25) is 0 Å². The lowest BCUT2D eigenvalue weighted by molar-refractivity contribution is -0.318. The first-order valence-electron chi connectivity index (χ1n) is 10.1. The van der Waals surface area contributed by atoms with E-state index in [0.717, 1.165) is 5.56 Å². The SMILES string of the molecule is C/C=C/c1ccc(O[C@H]2O[C@@H](CO[C@@H]3O[C@@H](C)[C@H](O)[C@@H](O)[C@H]3O)[C@H](O)[C@@H](O)[C@@H]2O)cc1. The van der Waals surface area contributed by atoms with Crippen LogP contribution in [0.15, 0.2) is 30.3 Å². The van der Waals surface area contributed by atoms with E-state index in [0.29, 0.717) is 5.75 Å². The van der Waals surface area contributed by atoms with Crippen LogP contribution in [-0.2, 0) is 14.2 Å². The van der Waals surface area contributed by atoms with Crippen molar-refractivity contribution in [1.82, 2.24) is 0 Å². The Morgan fingerprint density at radius 1 is 0.806 bits per heavy atom. The van der Waals surface area contributed by atoms with Crippen LogP contribution in [0.25, 0.3) is 6.08 Å². The first kappa shape index (κ1) is 24.1. The Morgan fingerprint density at radius 2 is 1.42 bits per heavy atom. The van der Waals surface area contributed by atoms with Gasteiger partial charge in [0.25, 0.3) is 0 Å². The maximum atomic E-state index is 10.3. The predicted molar refractivity (Wildman–Crippen MR) is 107 cm³/mol. The molecule has 0 spiro atoms. The standard InChI is InChI=1S/C21H30O10/c1-3-4-11-5-7-12(8-6-11)30-21-19(27)17(25)15(23)13(31-21)9-28-20-18(26)16(24)14(22)10(2)29-20/h3-8,10,13-27H,9H2,1-2H3/b4-3+/t10-,13-,14-,15-,16+,17+,18+,19-,20+,21-/m0/s1. The van der Waals surface area contributed by atoms with Crippen LogP contribution in [-0.4, -0.2) is 98.7 Å². The summed E-state index contributed by atoms with van der Waals surface area (Å²) < 4.78 is 22.0. The largest absolute Gasteiger partial charge is 0.462 e. The second-order valence-corrected chi connectivity index (χ2v) is 7.72. The van der Waals surface area contributed by atoms with E-state index in [9.17, 15) is 30.6 Å². The van der Waals surface area contributed by atoms with E-state index < -0.39 is 61.4 Å². The van der Waals surface area contributed by atoms with Gasteiger partial charge in [0, 0.05) is 0 Å². The molecule has 10 nitrogen and oxygen atoms in total. The molecule has 10 heteroatoms. The molecule has 0 unspecified atom stereocenters. The Bertz CT molecular complexity index is 725. The summed E-state index contributed by atoms with van der Waals surface area (Å²) in [5.74, 6) is 0.387. The van der Waals surface area contributed by atoms with Gasteiger partial charge in [-0.1, -0.05) is 24.3 Å². The lowest BCUT2D eigenvalue weighted by Crippen LogP contribution is -2.61. The molecular weight excluding hydrogens is 412 g/mol. The maximum absolute atomic E-state index is 10.3. The number of aliphatic hydroxyl groups excluding tert-OH is 6. The molecule has 3 rings (SSSR count). The molecule has 2 fully saturated rings. The summed E-state index contributed by atoms with van der Waals surface area (Å²) in [6.45, 7) is 3.06. The van der Waals surface area contributed by atoms with Crippen molar-refractivity contribution in [3.8, 4) is 5.75 Å². The molecule has 10 atom stereocenters. The normalized spacial score (nSPS) is 41.4. The fraction of sp³-hybridized carbons (Fsp3) is 0.619. The molecule has 0 aliphatic carbocycles. The summed E-state index contributed by atoms with van der Waals surface area (Å²) in [7, 11) is 0. The van der Waals surface area contributed by atoms with Crippen molar-refractivity contribution < 1.29 is 49.6 Å². The molecule has 2 aliphatic rings. The van der Waals surface area contributed by atoms with E-state index in [2.05, 4.69) is 0 Å². The van der Waals surface area contributed by atoms with Crippen LogP contribution in [0.1, 0.15) is 19.4 Å². The van der Waals surface area contributed by atoms with Gasteiger partial charge in [0.05, 0.1) is 12.7 Å². The van der Waals surface area contributed by atoms with Crippen LogP contribution in [0.3, 0.4) is 0 Å². The Hall–Kier alpha value is -1.60. The number of aliphatic hydroxyl groups is 6. The molecule has 2 aliphatic heterocycles. The average molecular weight is 442 g/mol. The minimum absolute atomic E-state index is 0.345. The van der Waals surface area contributed by atoms with E-state index in [1.807, 2.05) is 19.1 Å². The maximum Gasteiger partial charge on any atom is 0.229 e. The third-order valence-corrected chi connectivity index (χ3v) is 5.39. The molecule has 0 aromatic heterocycles. The molecule has 0 amide bonds. The lowest BCUT2D eigenvalue weighted by Gasteiger charge is -2.42. The van der Waals surface area contributed by atoms with Crippen molar-refractivity contribution in [2.75, 3.05) is 6.61 Å². The van der Waals surface area contributed by atoms with Gasteiger partial charge in [-0.05, 0) is 31.5 Å². The van der Waals surface area contributed by atoms with Gasteiger partial charge in [-0.15, -0.1) is 0 Å². The fourth-order valence-electron chi connectivity index (χ4n) is 3.48. The molecule has 2 heterocycles. The van der Waals surface area contributed by atoms with Crippen molar-refractivity contribution in [2.24, 2.45) is 0 Å². The summed E-state index contributed by atoms with van der Waals surface area (Å²) in [4.78, 5) is 0. The number of allylic oxidation sites excluding steroid dienone is 1. The predicted octanol–water partition coefficient (Wildman–Crippen LogP) is -1.25. The summed E-state index contributed by atoms with van der Waals surface area (Å²) in [5, 5.41) is 60.4. The smallest absolute Gasteiger partial charge is 0.229 e. The molecule has 31 heavy (non-hydrogen) atoms. The quantitative estimate of drug-likeness (QED) is 0.314. The first-order chi connectivity index (χ1) is 14.7. The molecular formula is C21H30O10. The summed E-state index contributed by atoms with van der Waals surface area (Å²) >= 11 is 0. The van der Waals surface area contributed by atoms with Crippen molar-refractivity contribution in [1.29, 1.82) is 0 Å². The molecule has 1 aromatic rings. The summed E-state index contributed by atoms with van der Waals surface area (Å²) in [6, 6.07) is 6.96. The molecule has 6 N–H and O–H groups in total. The van der Waals surface area contributed by atoms with E-state index in [4.69, 9.17) is 18.9 Å². The van der Waals surface area contributed by atoms with Gasteiger partial charge < -0.3 is 49.6 Å². The van der Waals surface area contributed by atoms with E-state index in [-0.39, 0.29) is 6.61 Å². The summed E-state index contributed by atoms with van der Waals surface area (Å²) in [6.07, 6.45) is -9.56. The zero-order valence-corrected chi connectivity index (χ0v) is 17.3. The van der Waals surface area contributed by atoms with Gasteiger partial charge in [-0.25, -0.2) is 0 Å². The van der Waals surface area contributed by atoms with Crippen molar-refractivity contribution in [3.05, 3.63) is 35.9 Å². The highest BCUT2D eigenvalue weighted by atomic mass is 16.7. The minimum atomic E-state index is -1.57. The van der Waals surface area contributed by atoms with E-state index >= 15 is 0 Å². The average Bonchev–Trinajstić information content (AvgIpc) is 2.76. The molecule has 2 saturated heterocycles. The fourth-order valence-corrected chi connectivity index (χ4v) is 3.48. The van der Waals surface area contributed by atoms with Gasteiger partial charge >= 0.3 is 0 Å². The molecule has 0 saturated carbocycles. The van der Waals surface area contributed by atoms with Gasteiger partial charge in [0.2, 0.25) is 6.29 Å². The van der Waals surface area contributed by atoms with Crippen molar-refractivity contribution in [3.63, 3.8) is 0 Å². The van der Waals surface area contributed by atoms with Crippen molar-refractivity contribution in [2.45, 2.75) is 75.3 Å². The van der Waals surface area contributed by atoms with Crippen LogP contribution >= 0.6 is 0 Å². The lowest BCUT2D eigenvalue weighted by atomic mass is 9.98. The number of ether oxygens (including phenoxy) is 4. The number of rotatable bonds is 6. The highest BCUT2D eigenvalue weighted by Gasteiger charge is 2.47. The van der Waals surface area contributed by atoms with Crippen LogP contribution in [0.4, 0.5) is 0 Å². The minimum Gasteiger partial charge on any atom is -0.462 e. The third-order valence-electron chi connectivity index (χ3n) is 5.39. The summed E-state index contributed by atoms with van der Waals surface area (Å²) in [5.41, 5.74) is 0.953. The second-order valence-electron chi connectivity index (χ2n) is 7.72. The molecule has 1 aromatic carbocycles. The van der Waals surface area contributed by atoms with Gasteiger partial charge in [0.15, 0.2) is 6.29 Å². The monoisotopic (exact) mass is 442 g/mol. The van der Waals surface area contributed by atoms with Gasteiger partial charge in [0.1, 0.15) is 48.5 Å². The zero-order chi connectivity index (χ0) is 22.7. The highest BCUT2D eigenvalue weighted by Crippen LogP contribution is 2.27. The third kappa shape index (κ3) is 5.43. The Labute approximate surface area is 179 Å². The Balaban J connectivity index is 1.63. The second kappa shape index (κ2) is 10.3. The first-order valence-corrected chi connectivity index (χ1v) is 10.1.